The molecule has 3 N–H and O–H groups in total. The minimum atomic E-state index is -3.94. The lowest BCUT2D eigenvalue weighted by Crippen LogP contribution is -2.14. The first-order valence-corrected chi connectivity index (χ1v) is 8.76. The van der Waals surface area contributed by atoms with E-state index in [0.29, 0.717) is 9.21 Å². The third-order valence-corrected chi connectivity index (χ3v) is 5.10. The Morgan fingerprint density at radius 3 is 2.14 bits per heavy atom. The Hall–Kier alpha value is -0.830. The number of anilines is 1. The van der Waals surface area contributed by atoms with Gasteiger partial charge >= 0.3 is 0 Å². The number of benzene rings is 1. The van der Waals surface area contributed by atoms with Gasteiger partial charge in [0.05, 0.1) is 29.8 Å². The highest BCUT2D eigenvalue weighted by Crippen LogP contribution is 2.34. The molecule has 0 radical (unpaired) electrons. The van der Waals surface area contributed by atoms with Crippen molar-refractivity contribution in [2.24, 2.45) is 5.14 Å². The summed E-state index contributed by atoms with van der Waals surface area (Å²) in [6.45, 7) is 0. The van der Waals surface area contributed by atoms with Crippen molar-refractivity contribution >= 4 is 67.8 Å². The van der Waals surface area contributed by atoms with Crippen LogP contribution in [-0.4, -0.2) is 14.3 Å². The van der Waals surface area contributed by atoms with Crippen molar-refractivity contribution in [2.45, 2.75) is 4.90 Å². The number of carbonyl (C=O) groups is 1. The van der Waals surface area contributed by atoms with Crippen LogP contribution in [0.25, 0.3) is 0 Å². The largest absolute Gasteiger partial charge is 0.319 e. The van der Waals surface area contributed by atoms with Gasteiger partial charge in [0.2, 0.25) is 10.0 Å². The maximum atomic E-state index is 12.0. The smallest absolute Gasteiger partial charge is 0.265 e. The van der Waals surface area contributed by atoms with Crippen LogP contribution < -0.4 is 10.5 Å². The highest BCUT2D eigenvalue weighted by atomic mass is 35.5. The lowest BCUT2D eigenvalue weighted by Gasteiger charge is -2.10. The summed E-state index contributed by atoms with van der Waals surface area (Å²) >= 11 is 18.7. The zero-order valence-electron chi connectivity index (χ0n) is 10.1. The first-order valence-electron chi connectivity index (χ1n) is 5.27. The van der Waals surface area contributed by atoms with Crippen LogP contribution in [0.1, 0.15) is 9.67 Å². The van der Waals surface area contributed by atoms with Gasteiger partial charge in [-0.15, -0.1) is 11.3 Å². The lowest BCUT2D eigenvalue weighted by molar-refractivity contribution is 0.103. The highest BCUT2D eigenvalue weighted by Gasteiger charge is 2.17. The van der Waals surface area contributed by atoms with E-state index in [2.05, 4.69) is 5.32 Å². The average Bonchev–Trinajstić information content (AvgIpc) is 2.79. The summed E-state index contributed by atoms with van der Waals surface area (Å²) in [5.74, 6) is -0.459. The first-order chi connectivity index (χ1) is 9.68. The standard InChI is InChI=1S/C11H7Cl3N2O3S2/c12-6-3-5(21(15,18)19)4-7(13)10(6)16-11(17)8-1-2-9(14)20-8/h1-4H,(H,16,17)(H2,15,18,19). The van der Waals surface area contributed by atoms with Crippen LogP contribution in [0.2, 0.25) is 14.4 Å². The molecule has 0 saturated carbocycles. The number of nitrogens with two attached hydrogens (primary N) is 1. The van der Waals surface area contributed by atoms with E-state index in [4.69, 9.17) is 39.9 Å². The third-order valence-electron chi connectivity index (χ3n) is 2.38. The molecule has 0 fully saturated rings. The Labute approximate surface area is 139 Å². The van der Waals surface area contributed by atoms with Crippen LogP contribution in [-0.2, 0) is 10.0 Å². The van der Waals surface area contributed by atoms with Gasteiger partial charge in [-0.05, 0) is 24.3 Å². The number of primary sulfonamides is 1. The van der Waals surface area contributed by atoms with E-state index in [0.717, 1.165) is 23.5 Å². The molecule has 0 atom stereocenters. The molecule has 0 aliphatic heterocycles. The van der Waals surface area contributed by atoms with E-state index >= 15 is 0 Å². The Balaban J connectivity index is 2.35. The number of rotatable bonds is 3. The number of hydrogen-bond acceptors (Lipinski definition) is 4. The van der Waals surface area contributed by atoms with Crippen LogP contribution in [0, 0.1) is 0 Å². The van der Waals surface area contributed by atoms with Crippen LogP contribution >= 0.6 is 46.1 Å². The molecule has 0 spiro atoms. The Morgan fingerprint density at radius 1 is 1.14 bits per heavy atom. The summed E-state index contributed by atoms with van der Waals surface area (Å²) in [6.07, 6.45) is 0. The monoisotopic (exact) mass is 384 g/mol. The Bertz CT molecular complexity index is 795. The summed E-state index contributed by atoms with van der Waals surface area (Å²) in [4.78, 5) is 12.1. The van der Waals surface area contributed by atoms with E-state index in [1.807, 2.05) is 0 Å². The fourth-order valence-electron chi connectivity index (χ4n) is 1.45. The molecular weight excluding hydrogens is 379 g/mol. The molecule has 21 heavy (non-hydrogen) atoms. The molecule has 0 aliphatic rings. The summed E-state index contributed by atoms with van der Waals surface area (Å²) in [5.41, 5.74) is 0.0975. The second-order valence-electron chi connectivity index (χ2n) is 3.86. The molecule has 2 rings (SSSR count). The molecule has 112 valence electrons. The number of nitrogens with one attached hydrogen (secondary N) is 1. The minimum Gasteiger partial charge on any atom is -0.319 e. The first kappa shape index (κ1) is 16.5. The zero-order chi connectivity index (χ0) is 15.8. The van der Waals surface area contributed by atoms with E-state index in [1.165, 1.54) is 0 Å². The van der Waals surface area contributed by atoms with Gasteiger partial charge in [0, 0.05) is 0 Å². The SMILES string of the molecule is NS(=O)(=O)c1cc(Cl)c(NC(=O)c2ccc(Cl)s2)c(Cl)c1. The Kier molecular flexibility index (Phi) is 4.82. The van der Waals surface area contributed by atoms with Gasteiger partial charge in [0.1, 0.15) is 0 Å². The summed E-state index contributed by atoms with van der Waals surface area (Å²) in [6, 6.07) is 5.34. The normalized spacial score (nSPS) is 11.4. The number of thiophene rings is 1. The molecule has 0 saturated heterocycles. The van der Waals surface area contributed by atoms with Crippen LogP contribution in [0.4, 0.5) is 5.69 Å². The Morgan fingerprint density at radius 2 is 1.71 bits per heavy atom. The molecule has 0 aliphatic carbocycles. The van der Waals surface area contributed by atoms with Gasteiger partial charge in [-0.3, -0.25) is 4.79 Å². The molecule has 0 unspecified atom stereocenters. The second-order valence-corrected chi connectivity index (χ2v) is 7.96. The summed E-state index contributed by atoms with van der Waals surface area (Å²) in [5, 5.41) is 7.42. The van der Waals surface area contributed by atoms with Gasteiger partial charge in [0.15, 0.2) is 0 Å². The molecule has 1 aromatic carbocycles. The third kappa shape index (κ3) is 3.88. The molecule has 10 heteroatoms. The van der Waals surface area contributed by atoms with Crippen molar-refractivity contribution in [2.75, 3.05) is 5.32 Å². The van der Waals surface area contributed by atoms with E-state index < -0.39 is 15.9 Å². The number of hydrogen-bond donors (Lipinski definition) is 2. The van der Waals surface area contributed by atoms with Gasteiger partial charge in [-0.1, -0.05) is 34.8 Å². The molecule has 0 bridgehead atoms. The van der Waals surface area contributed by atoms with Crippen molar-refractivity contribution in [3.8, 4) is 0 Å². The molecule has 1 heterocycles. The lowest BCUT2D eigenvalue weighted by atomic mass is 10.3. The average molecular weight is 386 g/mol. The van der Waals surface area contributed by atoms with Crippen molar-refractivity contribution in [1.29, 1.82) is 0 Å². The van der Waals surface area contributed by atoms with Gasteiger partial charge in [0.25, 0.3) is 5.91 Å². The summed E-state index contributed by atoms with van der Waals surface area (Å²) < 4.78 is 23.0. The fourth-order valence-corrected chi connectivity index (χ4v) is 3.66. The van der Waals surface area contributed by atoms with Crippen LogP contribution in [0.5, 0.6) is 0 Å². The molecule has 1 aromatic heterocycles. The number of amides is 1. The predicted octanol–water partition coefficient (Wildman–Crippen LogP) is 3.61. The van der Waals surface area contributed by atoms with E-state index in [9.17, 15) is 13.2 Å². The van der Waals surface area contributed by atoms with E-state index in [-0.39, 0.29) is 20.6 Å². The fraction of sp³-hybridized carbons (Fsp3) is 0. The van der Waals surface area contributed by atoms with Crippen LogP contribution in [0.3, 0.4) is 0 Å². The molecule has 5 nitrogen and oxygen atoms in total. The number of carbonyl (C=O) groups excluding carboxylic acids is 1. The number of halogens is 3. The predicted molar refractivity (Wildman–Crippen MR) is 85.1 cm³/mol. The number of sulfonamides is 1. The topological polar surface area (TPSA) is 89.3 Å². The maximum absolute atomic E-state index is 12.0. The van der Waals surface area contributed by atoms with Gasteiger partial charge in [-0.2, -0.15) is 0 Å². The summed E-state index contributed by atoms with van der Waals surface area (Å²) in [7, 11) is -3.94. The van der Waals surface area contributed by atoms with E-state index in [1.54, 1.807) is 12.1 Å². The van der Waals surface area contributed by atoms with Crippen molar-refractivity contribution in [3.05, 3.63) is 43.5 Å². The van der Waals surface area contributed by atoms with Gasteiger partial charge < -0.3 is 5.32 Å². The second kappa shape index (κ2) is 6.12. The van der Waals surface area contributed by atoms with Crippen molar-refractivity contribution in [3.63, 3.8) is 0 Å². The van der Waals surface area contributed by atoms with Gasteiger partial charge in [-0.25, -0.2) is 13.6 Å². The highest BCUT2D eigenvalue weighted by molar-refractivity contribution is 7.89. The molecule has 1 amide bonds. The van der Waals surface area contributed by atoms with Crippen molar-refractivity contribution in [1.82, 2.24) is 0 Å². The molecule has 2 aromatic rings. The quantitative estimate of drug-likeness (QED) is 0.845. The minimum absolute atomic E-state index is 0.0393. The maximum Gasteiger partial charge on any atom is 0.265 e. The van der Waals surface area contributed by atoms with Crippen molar-refractivity contribution < 1.29 is 13.2 Å². The zero-order valence-corrected chi connectivity index (χ0v) is 14.0. The van der Waals surface area contributed by atoms with Crippen LogP contribution in [0.15, 0.2) is 29.2 Å². The molecular formula is C11H7Cl3N2O3S2.